The maximum absolute atomic E-state index is 5.03. The topological polar surface area (TPSA) is 57.8 Å². The highest BCUT2D eigenvalue weighted by atomic mass is 16.5. The van der Waals surface area contributed by atoms with Crippen molar-refractivity contribution in [2.45, 2.75) is 6.54 Å². The van der Waals surface area contributed by atoms with Gasteiger partial charge in [-0.05, 0) is 6.07 Å². The Morgan fingerprint density at radius 1 is 1.26 bits per heavy atom. The molecule has 3 aromatic rings. The highest BCUT2D eigenvalue weighted by molar-refractivity contribution is 5.78. The summed E-state index contributed by atoms with van der Waals surface area (Å²) in [6, 6.07) is 1.98. The molecular formula is C13H15N5O. The Morgan fingerprint density at radius 2 is 2.16 bits per heavy atom. The number of methoxy groups -OCH3 is 1. The second kappa shape index (κ2) is 4.81. The van der Waals surface area contributed by atoms with E-state index in [1.54, 1.807) is 13.4 Å². The van der Waals surface area contributed by atoms with E-state index in [0.717, 1.165) is 28.8 Å². The lowest BCUT2D eigenvalue weighted by atomic mass is 10.2. The zero-order chi connectivity index (χ0) is 13.2. The second-order valence-electron chi connectivity index (χ2n) is 4.40. The molecule has 0 fully saturated rings. The van der Waals surface area contributed by atoms with E-state index in [9.17, 15) is 0 Å². The van der Waals surface area contributed by atoms with E-state index >= 15 is 0 Å². The Hall–Kier alpha value is -2.21. The van der Waals surface area contributed by atoms with Crippen LogP contribution in [0.25, 0.3) is 22.3 Å². The molecular weight excluding hydrogens is 242 g/mol. The number of aryl methyl sites for hydroxylation is 1. The number of rotatable bonds is 4. The first-order chi connectivity index (χ1) is 9.28. The van der Waals surface area contributed by atoms with Gasteiger partial charge in [-0.15, -0.1) is 0 Å². The predicted molar refractivity (Wildman–Crippen MR) is 71.6 cm³/mol. The van der Waals surface area contributed by atoms with E-state index in [4.69, 9.17) is 4.74 Å². The molecule has 0 spiro atoms. The average molecular weight is 257 g/mol. The van der Waals surface area contributed by atoms with Crippen molar-refractivity contribution in [2.75, 3.05) is 13.7 Å². The van der Waals surface area contributed by atoms with Gasteiger partial charge in [0.15, 0.2) is 0 Å². The first kappa shape index (κ1) is 11.9. The summed E-state index contributed by atoms with van der Waals surface area (Å²) in [5.41, 5.74) is 3.84. The number of hydrogen-bond donors (Lipinski definition) is 0. The smallest absolute Gasteiger partial charge is 0.0956 e. The van der Waals surface area contributed by atoms with Crippen LogP contribution >= 0.6 is 0 Å². The van der Waals surface area contributed by atoms with Gasteiger partial charge in [-0.2, -0.15) is 5.10 Å². The minimum Gasteiger partial charge on any atom is -0.383 e. The summed E-state index contributed by atoms with van der Waals surface area (Å²) in [6.45, 7) is 1.39. The van der Waals surface area contributed by atoms with Crippen molar-refractivity contribution < 1.29 is 4.74 Å². The molecule has 3 aromatic heterocycles. The molecule has 0 radical (unpaired) electrons. The van der Waals surface area contributed by atoms with Crippen molar-refractivity contribution in [3.8, 4) is 11.3 Å². The van der Waals surface area contributed by atoms with Crippen LogP contribution in [0, 0.1) is 0 Å². The van der Waals surface area contributed by atoms with Crippen molar-refractivity contribution in [1.82, 2.24) is 24.3 Å². The van der Waals surface area contributed by atoms with Gasteiger partial charge >= 0.3 is 0 Å². The van der Waals surface area contributed by atoms with E-state index in [2.05, 4.69) is 15.1 Å². The Balaban J connectivity index is 1.92. The quantitative estimate of drug-likeness (QED) is 0.710. The van der Waals surface area contributed by atoms with Crippen LogP contribution in [0.15, 0.2) is 31.0 Å². The number of hydrogen-bond acceptors (Lipinski definition) is 4. The molecule has 0 aliphatic rings. The number of pyridine rings is 1. The summed E-state index contributed by atoms with van der Waals surface area (Å²) >= 11 is 0. The zero-order valence-electron chi connectivity index (χ0n) is 10.9. The summed E-state index contributed by atoms with van der Waals surface area (Å²) in [4.78, 5) is 8.79. The van der Waals surface area contributed by atoms with E-state index in [0.29, 0.717) is 6.61 Å². The van der Waals surface area contributed by atoms with Crippen LogP contribution in [-0.2, 0) is 18.3 Å². The van der Waals surface area contributed by atoms with Gasteiger partial charge < -0.3 is 9.30 Å². The highest BCUT2D eigenvalue weighted by Crippen LogP contribution is 2.20. The molecule has 0 saturated carbocycles. The minimum atomic E-state index is 0.647. The molecule has 6 heteroatoms. The molecule has 0 unspecified atom stereocenters. The Morgan fingerprint density at radius 3 is 3.00 bits per heavy atom. The standard InChI is InChI=1S/C13H15N5O/c1-17-9-15-12-5-11(14-7-13(12)17)10-6-16-18(8-10)3-4-19-2/h5-9H,3-4H2,1-2H3. The molecule has 0 N–H and O–H groups in total. The normalized spacial score (nSPS) is 11.3. The van der Waals surface area contributed by atoms with Gasteiger partial charge in [0.05, 0.1) is 48.6 Å². The third-order valence-corrected chi connectivity index (χ3v) is 3.07. The summed E-state index contributed by atoms with van der Waals surface area (Å²) in [5.74, 6) is 0. The molecule has 3 heterocycles. The molecule has 0 aliphatic heterocycles. The predicted octanol–water partition coefficient (Wildman–Crippen LogP) is 1.48. The molecule has 0 aliphatic carbocycles. The lowest BCUT2D eigenvalue weighted by Gasteiger charge is -1.99. The van der Waals surface area contributed by atoms with Crippen LogP contribution < -0.4 is 0 Å². The summed E-state index contributed by atoms with van der Waals surface area (Å²) in [6.07, 6.45) is 7.41. The van der Waals surface area contributed by atoms with Gasteiger partial charge in [0.1, 0.15) is 0 Å². The highest BCUT2D eigenvalue weighted by Gasteiger charge is 2.06. The first-order valence-electron chi connectivity index (χ1n) is 6.07. The molecule has 0 bridgehead atoms. The van der Waals surface area contributed by atoms with E-state index < -0.39 is 0 Å². The fraction of sp³-hybridized carbons (Fsp3) is 0.308. The average Bonchev–Trinajstić information content (AvgIpc) is 3.04. The van der Waals surface area contributed by atoms with Crippen molar-refractivity contribution in [2.24, 2.45) is 7.05 Å². The molecule has 0 saturated heterocycles. The Bertz CT molecular complexity index is 700. The van der Waals surface area contributed by atoms with Crippen LogP contribution in [-0.4, -0.2) is 38.0 Å². The van der Waals surface area contributed by atoms with Crippen LogP contribution in [0.4, 0.5) is 0 Å². The van der Waals surface area contributed by atoms with Crippen LogP contribution in [0.3, 0.4) is 0 Å². The molecule has 0 atom stereocenters. The van der Waals surface area contributed by atoms with Crippen LogP contribution in [0.1, 0.15) is 0 Å². The number of fused-ring (bicyclic) bond motifs is 1. The van der Waals surface area contributed by atoms with Gasteiger partial charge in [-0.25, -0.2) is 4.98 Å². The number of ether oxygens (including phenoxy) is 1. The van der Waals surface area contributed by atoms with Gasteiger partial charge in [0.2, 0.25) is 0 Å². The van der Waals surface area contributed by atoms with E-state index in [-0.39, 0.29) is 0 Å². The van der Waals surface area contributed by atoms with Crippen molar-refractivity contribution in [1.29, 1.82) is 0 Å². The lowest BCUT2D eigenvalue weighted by molar-refractivity contribution is 0.183. The number of aromatic nitrogens is 5. The monoisotopic (exact) mass is 257 g/mol. The number of nitrogens with zero attached hydrogens (tertiary/aromatic N) is 5. The Labute approximate surface area is 110 Å². The summed E-state index contributed by atoms with van der Waals surface area (Å²) in [7, 11) is 3.64. The van der Waals surface area contributed by atoms with Gasteiger partial charge in [0.25, 0.3) is 0 Å². The third-order valence-electron chi connectivity index (χ3n) is 3.07. The van der Waals surface area contributed by atoms with Crippen LogP contribution in [0.2, 0.25) is 0 Å². The van der Waals surface area contributed by atoms with Crippen molar-refractivity contribution >= 4 is 11.0 Å². The van der Waals surface area contributed by atoms with E-state index in [1.165, 1.54) is 0 Å². The van der Waals surface area contributed by atoms with Gasteiger partial charge in [-0.1, -0.05) is 0 Å². The van der Waals surface area contributed by atoms with Gasteiger partial charge in [-0.3, -0.25) is 9.67 Å². The molecule has 98 valence electrons. The molecule has 19 heavy (non-hydrogen) atoms. The van der Waals surface area contributed by atoms with Crippen LogP contribution in [0.5, 0.6) is 0 Å². The maximum Gasteiger partial charge on any atom is 0.0956 e. The first-order valence-corrected chi connectivity index (χ1v) is 6.07. The third kappa shape index (κ3) is 2.22. The molecule has 6 nitrogen and oxygen atoms in total. The maximum atomic E-state index is 5.03. The molecule has 3 rings (SSSR count). The molecule has 0 amide bonds. The fourth-order valence-corrected chi connectivity index (χ4v) is 1.98. The number of imidazole rings is 1. The van der Waals surface area contributed by atoms with Gasteiger partial charge in [0, 0.05) is 25.9 Å². The SMILES string of the molecule is COCCn1cc(-c2cc3ncn(C)c3cn2)cn1. The summed E-state index contributed by atoms with van der Waals surface area (Å²) < 4.78 is 8.83. The zero-order valence-corrected chi connectivity index (χ0v) is 10.9. The van der Waals surface area contributed by atoms with E-state index in [1.807, 2.05) is 41.0 Å². The molecule has 0 aromatic carbocycles. The summed E-state index contributed by atoms with van der Waals surface area (Å²) in [5, 5.41) is 4.29. The second-order valence-corrected chi connectivity index (χ2v) is 4.40. The van der Waals surface area contributed by atoms with Crippen molar-refractivity contribution in [3.63, 3.8) is 0 Å². The Kier molecular flexibility index (Phi) is 3.00. The fourth-order valence-electron chi connectivity index (χ4n) is 1.98. The lowest BCUT2D eigenvalue weighted by Crippen LogP contribution is -2.03. The minimum absolute atomic E-state index is 0.647. The van der Waals surface area contributed by atoms with Crippen molar-refractivity contribution in [3.05, 3.63) is 31.0 Å². The largest absolute Gasteiger partial charge is 0.383 e.